The van der Waals surface area contributed by atoms with Gasteiger partial charge in [-0.25, -0.2) is 4.79 Å². The molecule has 128 valence electrons. The van der Waals surface area contributed by atoms with Crippen molar-refractivity contribution in [1.29, 1.82) is 0 Å². The Bertz CT molecular complexity index is 546. The van der Waals surface area contributed by atoms with Crippen LogP contribution >= 0.6 is 15.9 Å². The highest BCUT2D eigenvalue weighted by Gasteiger charge is 2.24. The van der Waals surface area contributed by atoms with E-state index in [1.807, 2.05) is 20.8 Å². The Morgan fingerprint density at radius 3 is 2.35 bits per heavy atom. The van der Waals surface area contributed by atoms with Gasteiger partial charge in [-0.2, -0.15) is 0 Å². The van der Waals surface area contributed by atoms with Crippen molar-refractivity contribution in [3.05, 3.63) is 28.2 Å². The number of alkyl carbamates (subject to hydrolysis) is 1. The SMILES string of the molecule is Cc1cc(Br)ccc1NC1CCC(NC(=O)OC(C)(C)C)CC1. The second-order valence-electron chi connectivity index (χ2n) is 7.30. The first kappa shape index (κ1) is 18.1. The van der Waals surface area contributed by atoms with E-state index in [-0.39, 0.29) is 12.1 Å². The fraction of sp³-hybridized carbons (Fsp3) is 0.611. The topological polar surface area (TPSA) is 50.4 Å². The number of ether oxygens (including phenoxy) is 1. The van der Waals surface area contributed by atoms with Gasteiger partial charge in [0.25, 0.3) is 0 Å². The number of carbonyl (C=O) groups is 1. The number of benzene rings is 1. The van der Waals surface area contributed by atoms with Gasteiger partial charge in [0.1, 0.15) is 5.60 Å². The molecular weight excluding hydrogens is 356 g/mol. The van der Waals surface area contributed by atoms with Gasteiger partial charge in [-0.05, 0) is 77.1 Å². The Kier molecular flexibility index (Phi) is 5.95. The summed E-state index contributed by atoms with van der Waals surface area (Å²) in [7, 11) is 0. The van der Waals surface area contributed by atoms with Gasteiger partial charge >= 0.3 is 6.09 Å². The van der Waals surface area contributed by atoms with Gasteiger partial charge in [0.2, 0.25) is 0 Å². The van der Waals surface area contributed by atoms with E-state index in [0.29, 0.717) is 6.04 Å². The van der Waals surface area contributed by atoms with Crippen LogP contribution < -0.4 is 10.6 Å². The van der Waals surface area contributed by atoms with E-state index in [0.717, 1.165) is 30.2 Å². The Morgan fingerprint density at radius 2 is 1.78 bits per heavy atom. The standard InChI is InChI=1S/C18H27BrN2O2/c1-12-11-13(19)5-10-16(12)20-14-6-8-15(9-7-14)21-17(22)23-18(2,3)4/h5,10-11,14-15,20H,6-9H2,1-4H3,(H,21,22). The average Bonchev–Trinajstić information content (AvgIpc) is 2.42. The zero-order valence-corrected chi connectivity index (χ0v) is 16.0. The maximum atomic E-state index is 11.8. The molecule has 0 spiro atoms. The van der Waals surface area contributed by atoms with Crippen molar-refractivity contribution in [2.45, 2.75) is 71.1 Å². The number of carbonyl (C=O) groups excluding carboxylic acids is 1. The second kappa shape index (κ2) is 7.56. The van der Waals surface area contributed by atoms with E-state index in [9.17, 15) is 4.79 Å². The average molecular weight is 383 g/mol. The summed E-state index contributed by atoms with van der Waals surface area (Å²) in [5.74, 6) is 0. The van der Waals surface area contributed by atoms with E-state index in [2.05, 4.69) is 51.7 Å². The van der Waals surface area contributed by atoms with Gasteiger partial charge in [-0.3, -0.25) is 0 Å². The first-order valence-electron chi connectivity index (χ1n) is 8.25. The molecule has 1 aromatic carbocycles. The van der Waals surface area contributed by atoms with Gasteiger partial charge in [0.15, 0.2) is 0 Å². The van der Waals surface area contributed by atoms with Crippen LogP contribution in [0.5, 0.6) is 0 Å². The third kappa shape index (κ3) is 6.05. The quantitative estimate of drug-likeness (QED) is 0.772. The van der Waals surface area contributed by atoms with Crippen LogP contribution in [0.3, 0.4) is 0 Å². The van der Waals surface area contributed by atoms with Crippen LogP contribution in [-0.2, 0) is 4.74 Å². The van der Waals surface area contributed by atoms with E-state index >= 15 is 0 Å². The van der Waals surface area contributed by atoms with Crippen molar-refractivity contribution in [2.75, 3.05) is 5.32 Å². The van der Waals surface area contributed by atoms with Gasteiger partial charge in [-0.15, -0.1) is 0 Å². The number of halogens is 1. The lowest BCUT2D eigenvalue weighted by Gasteiger charge is -2.31. The number of nitrogens with one attached hydrogen (secondary N) is 2. The summed E-state index contributed by atoms with van der Waals surface area (Å²) in [6.07, 6.45) is 3.75. The number of hydrogen-bond acceptors (Lipinski definition) is 3. The molecular formula is C18H27BrN2O2. The van der Waals surface area contributed by atoms with Crippen LogP contribution in [0.2, 0.25) is 0 Å². The molecule has 0 aromatic heterocycles. The fourth-order valence-electron chi connectivity index (χ4n) is 2.87. The molecule has 2 rings (SSSR count). The van der Waals surface area contributed by atoms with Crippen molar-refractivity contribution < 1.29 is 9.53 Å². The Balaban J connectivity index is 1.79. The summed E-state index contributed by atoms with van der Waals surface area (Å²) in [5, 5.41) is 6.61. The molecule has 1 amide bonds. The zero-order chi connectivity index (χ0) is 17.0. The minimum Gasteiger partial charge on any atom is -0.444 e. The molecule has 2 N–H and O–H groups in total. The Hall–Kier alpha value is -1.23. The maximum absolute atomic E-state index is 11.8. The minimum atomic E-state index is -0.443. The molecule has 1 aliphatic rings. The molecule has 1 saturated carbocycles. The van der Waals surface area contributed by atoms with Crippen LogP contribution in [0.4, 0.5) is 10.5 Å². The monoisotopic (exact) mass is 382 g/mol. The molecule has 5 heteroatoms. The minimum absolute atomic E-state index is 0.217. The molecule has 23 heavy (non-hydrogen) atoms. The third-order valence-electron chi connectivity index (χ3n) is 4.00. The molecule has 0 aliphatic heterocycles. The molecule has 1 aliphatic carbocycles. The summed E-state index contributed by atoms with van der Waals surface area (Å²) < 4.78 is 6.42. The van der Waals surface area contributed by atoms with Crippen molar-refractivity contribution in [2.24, 2.45) is 0 Å². The second-order valence-corrected chi connectivity index (χ2v) is 8.21. The van der Waals surface area contributed by atoms with Crippen LogP contribution in [0.1, 0.15) is 52.0 Å². The number of amides is 1. The molecule has 1 aromatic rings. The predicted molar refractivity (Wildman–Crippen MR) is 97.9 cm³/mol. The normalized spacial score (nSPS) is 21.6. The van der Waals surface area contributed by atoms with E-state index in [1.54, 1.807) is 0 Å². The zero-order valence-electron chi connectivity index (χ0n) is 14.4. The van der Waals surface area contributed by atoms with Gasteiger partial charge in [0, 0.05) is 22.2 Å². The largest absolute Gasteiger partial charge is 0.444 e. The van der Waals surface area contributed by atoms with E-state index in [4.69, 9.17) is 4.74 Å². The molecule has 4 nitrogen and oxygen atoms in total. The summed E-state index contributed by atoms with van der Waals surface area (Å²) >= 11 is 3.49. The first-order chi connectivity index (χ1) is 10.7. The van der Waals surface area contributed by atoms with Crippen molar-refractivity contribution in [1.82, 2.24) is 5.32 Å². The highest BCUT2D eigenvalue weighted by Crippen LogP contribution is 2.26. The van der Waals surface area contributed by atoms with Gasteiger partial charge in [-0.1, -0.05) is 15.9 Å². The summed E-state index contributed by atoms with van der Waals surface area (Å²) in [4.78, 5) is 11.8. The highest BCUT2D eigenvalue weighted by atomic mass is 79.9. The number of hydrogen-bond donors (Lipinski definition) is 2. The lowest BCUT2D eigenvalue weighted by Crippen LogP contribution is -2.42. The lowest BCUT2D eigenvalue weighted by molar-refractivity contribution is 0.0492. The van der Waals surface area contributed by atoms with Crippen LogP contribution in [0.15, 0.2) is 22.7 Å². The number of rotatable bonds is 3. The summed E-state index contributed by atoms with van der Waals surface area (Å²) in [6, 6.07) is 6.98. The summed E-state index contributed by atoms with van der Waals surface area (Å²) in [5.41, 5.74) is 1.99. The van der Waals surface area contributed by atoms with Crippen molar-refractivity contribution >= 4 is 27.7 Å². The molecule has 1 fully saturated rings. The van der Waals surface area contributed by atoms with Crippen LogP contribution in [-0.4, -0.2) is 23.8 Å². The molecule has 0 saturated heterocycles. The third-order valence-corrected chi connectivity index (χ3v) is 4.49. The van der Waals surface area contributed by atoms with E-state index < -0.39 is 5.60 Å². The number of anilines is 1. The maximum Gasteiger partial charge on any atom is 0.407 e. The molecule has 0 radical (unpaired) electrons. The molecule has 0 unspecified atom stereocenters. The smallest absolute Gasteiger partial charge is 0.407 e. The Labute approximate surface area is 147 Å². The Morgan fingerprint density at radius 1 is 1.17 bits per heavy atom. The van der Waals surface area contributed by atoms with Gasteiger partial charge < -0.3 is 15.4 Å². The molecule has 0 heterocycles. The molecule has 0 bridgehead atoms. The summed E-state index contributed by atoms with van der Waals surface area (Å²) in [6.45, 7) is 7.76. The highest BCUT2D eigenvalue weighted by molar-refractivity contribution is 9.10. The lowest BCUT2D eigenvalue weighted by atomic mass is 9.91. The number of aryl methyl sites for hydroxylation is 1. The van der Waals surface area contributed by atoms with Crippen molar-refractivity contribution in [3.8, 4) is 0 Å². The van der Waals surface area contributed by atoms with Crippen LogP contribution in [0.25, 0.3) is 0 Å². The van der Waals surface area contributed by atoms with Gasteiger partial charge in [0.05, 0.1) is 0 Å². The van der Waals surface area contributed by atoms with E-state index in [1.165, 1.54) is 11.3 Å². The van der Waals surface area contributed by atoms with Crippen LogP contribution in [0, 0.1) is 6.92 Å². The first-order valence-corrected chi connectivity index (χ1v) is 9.04. The predicted octanol–water partition coefficient (Wildman–Crippen LogP) is 5.01. The van der Waals surface area contributed by atoms with Crippen molar-refractivity contribution in [3.63, 3.8) is 0 Å². The fourth-order valence-corrected chi connectivity index (χ4v) is 3.34. The molecule has 0 atom stereocenters.